The van der Waals surface area contributed by atoms with Gasteiger partial charge in [0.05, 0.1) is 11.4 Å². The zero-order chi connectivity index (χ0) is 20.4. The van der Waals surface area contributed by atoms with Crippen molar-refractivity contribution >= 4 is 22.6 Å². The predicted octanol–water partition coefficient (Wildman–Crippen LogP) is 2.66. The summed E-state index contributed by atoms with van der Waals surface area (Å²) in [5, 5.41) is 9.82. The zero-order valence-corrected chi connectivity index (χ0v) is 16.0. The first kappa shape index (κ1) is 18.9. The van der Waals surface area contributed by atoms with Crippen LogP contribution in [0.25, 0.3) is 10.8 Å². The molecule has 1 aliphatic carbocycles. The Morgan fingerprint density at radius 3 is 2.69 bits per heavy atom. The fraction of sp³-hybridized carbons (Fsp3) is 0.273. The third-order valence-electron chi connectivity index (χ3n) is 5.23. The Balaban J connectivity index is 1.48. The Labute approximate surface area is 167 Å². The average molecular weight is 391 g/mol. The quantitative estimate of drug-likeness (QED) is 0.666. The summed E-state index contributed by atoms with van der Waals surface area (Å²) in [6.07, 6.45) is 1.83. The van der Waals surface area contributed by atoms with Gasteiger partial charge >= 0.3 is 5.97 Å². The predicted molar refractivity (Wildman–Crippen MR) is 108 cm³/mol. The monoisotopic (exact) mass is 391 g/mol. The average Bonchev–Trinajstić information content (AvgIpc) is 2.74. The second-order valence-electron chi connectivity index (χ2n) is 7.15. The highest BCUT2D eigenvalue weighted by atomic mass is 16.5. The van der Waals surface area contributed by atoms with Crippen LogP contribution < -0.4 is 10.9 Å². The molecule has 7 heteroatoms. The highest BCUT2D eigenvalue weighted by Gasteiger charge is 2.26. The molecule has 0 saturated carbocycles. The molecule has 4 rings (SSSR count). The number of fused-ring (bicyclic) bond motifs is 2. The summed E-state index contributed by atoms with van der Waals surface area (Å²) < 4.78 is 5.34. The molecular formula is C22H21N3O4. The number of hydrogen-bond acceptors (Lipinski definition) is 5. The van der Waals surface area contributed by atoms with Gasteiger partial charge in [-0.1, -0.05) is 42.5 Å². The van der Waals surface area contributed by atoms with Gasteiger partial charge < -0.3 is 10.1 Å². The summed E-state index contributed by atoms with van der Waals surface area (Å²) in [6.45, 7) is 1.52. The van der Waals surface area contributed by atoms with Gasteiger partial charge in [-0.15, -0.1) is 0 Å². The second-order valence-corrected chi connectivity index (χ2v) is 7.15. The van der Waals surface area contributed by atoms with Gasteiger partial charge in [0, 0.05) is 5.39 Å². The van der Waals surface area contributed by atoms with E-state index in [2.05, 4.69) is 21.6 Å². The van der Waals surface area contributed by atoms with E-state index in [0.717, 1.165) is 24.8 Å². The van der Waals surface area contributed by atoms with E-state index in [0.29, 0.717) is 10.8 Å². The molecule has 1 aliphatic rings. The van der Waals surface area contributed by atoms with E-state index in [4.69, 9.17) is 4.74 Å². The molecule has 0 aliphatic heterocycles. The highest BCUT2D eigenvalue weighted by Crippen LogP contribution is 2.29. The number of ether oxygens (including phenoxy) is 1. The fourth-order valence-corrected chi connectivity index (χ4v) is 3.73. The molecule has 3 aromatic rings. The summed E-state index contributed by atoms with van der Waals surface area (Å²) in [6, 6.07) is 14.6. The number of benzene rings is 2. The van der Waals surface area contributed by atoms with Crippen molar-refractivity contribution in [3.63, 3.8) is 0 Å². The summed E-state index contributed by atoms with van der Waals surface area (Å²) >= 11 is 0. The maximum atomic E-state index is 12.6. The van der Waals surface area contributed by atoms with E-state index in [1.807, 2.05) is 18.2 Å². The molecule has 29 heavy (non-hydrogen) atoms. The Kier molecular flexibility index (Phi) is 5.12. The molecule has 2 aromatic carbocycles. The van der Waals surface area contributed by atoms with Crippen molar-refractivity contribution in [3.05, 3.63) is 75.7 Å². The minimum atomic E-state index is -0.996. The number of nitrogens with one attached hydrogen (secondary N) is 2. The SMILES string of the molecule is C[C@H](OC(=O)c1n[nH]c(=O)c2ccccc12)C(=O)N[C@@H]1CCCc2ccccc21. The molecular weight excluding hydrogens is 370 g/mol. The van der Waals surface area contributed by atoms with E-state index >= 15 is 0 Å². The van der Waals surface area contributed by atoms with E-state index in [1.165, 1.54) is 12.5 Å². The lowest BCUT2D eigenvalue weighted by Gasteiger charge is -2.27. The van der Waals surface area contributed by atoms with Crippen molar-refractivity contribution in [2.75, 3.05) is 0 Å². The van der Waals surface area contributed by atoms with Gasteiger partial charge in [-0.3, -0.25) is 9.59 Å². The maximum Gasteiger partial charge on any atom is 0.360 e. The number of esters is 1. The fourth-order valence-electron chi connectivity index (χ4n) is 3.73. The van der Waals surface area contributed by atoms with Gasteiger partial charge in [-0.05, 0) is 43.4 Å². The van der Waals surface area contributed by atoms with Crippen molar-refractivity contribution in [3.8, 4) is 0 Å². The van der Waals surface area contributed by atoms with Crippen LogP contribution in [-0.4, -0.2) is 28.2 Å². The van der Waals surface area contributed by atoms with Crippen molar-refractivity contribution in [2.45, 2.75) is 38.3 Å². The van der Waals surface area contributed by atoms with Crippen LogP contribution in [-0.2, 0) is 16.0 Å². The molecule has 0 saturated heterocycles. The molecule has 0 radical (unpaired) electrons. The lowest BCUT2D eigenvalue weighted by molar-refractivity contribution is -0.130. The molecule has 1 aromatic heterocycles. The van der Waals surface area contributed by atoms with Crippen LogP contribution in [0.2, 0.25) is 0 Å². The minimum absolute atomic E-state index is 0.0251. The summed E-state index contributed by atoms with van der Waals surface area (Å²) in [5.74, 6) is -1.13. The van der Waals surface area contributed by atoms with E-state index in [-0.39, 0.29) is 23.2 Å². The number of aryl methyl sites for hydroxylation is 1. The standard InChI is InChI=1S/C22H21N3O4/c1-13(20(26)23-18-12-6-8-14-7-2-3-9-15(14)18)29-22(28)19-16-10-4-5-11-17(16)21(27)25-24-19/h2-5,7,9-11,13,18H,6,8,12H2,1H3,(H,23,26)(H,25,27)/t13-,18+/m0/s1. The van der Waals surface area contributed by atoms with Gasteiger partial charge in [0.15, 0.2) is 11.8 Å². The van der Waals surface area contributed by atoms with Crippen LogP contribution in [0.1, 0.15) is 47.4 Å². The molecule has 2 atom stereocenters. The van der Waals surface area contributed by atoms with Crippen LogP contribution in [0.4, 0.5) is 0 Å². The third kappa shape index (κ3) is 3.76. The number of H-pyrrole nitrogens is 1. The van der Waals surface area contributed by atoms with Crippen molar-refractivity contribution in [1.29, 1.82) is 0 Å². The van der Waals surface area contributed by atoms with E-state index in [9.17, 15) is 14.4 Å². The van der Waals surface area contributed by atoms with Crippen LogP contribution in [0.3, 0.4) is 0 Å². The number of hydrogen-bond donors (Lipinski definition) is 2. The van der Waals surface area contributed by atoms with Gasteiger partial charge in [0.1, 0.15) is 0 Å². The summed E-state index contributed by atoms with van der Waals surface area (Å²) in [4.78, 5) is 37.1. The Hall–Kier alpha value is -3.48. The molecule has 1 amide bonds. The molecule has 0 spiro atoms. The number of amides is 1. The van der Waals surface area contributed by atoms with Crippen LogP contribution >= 0.6 is 0 Å². The molecule has 148 valence electrons. The molecule has 1 heterocycles. The topological polar surface area (TPSA) is 101 Å². The minimum Gasteiger partial charge on any atom is -0.448 e. The largest absolute Gasteiger partial charge is 0.448 e. The van der Waals surface area contributed by atoms with Crippen molar-refractivity contribution in [2.24, 2.45) is 0 Å². The van der Waals surface area contributed by atoms with Gasteiger partial charge in [0.25, 0.3) is 11.5 Å². The van der Waals surface area contributed by atoms with Crippen LogP contribution in [0.5, 0.6) is 0 Å². The van der Waals surface area contributed by atoms with Gasteiger partial charge in [-0.25, -0.2) is 9.89 Å². The first-order valence-corrected chi connectivity index (χ1v) is 9.61. The van der Waals surface area contributed by atoms with Crippen molar-refractivity contribution in [1.82, 2.24) is 15.5 Å². The number of carbonyl (C=O) groups is 2. The Morgan fingerprint density at radius 1 is 1.14 bits per heavy atom. The first-order chi connectivity index (χ1) is 14.0. The number of carbonyl (C=O) groups excluding carboxylic acids is 2. The number of nitrogens with zero attached hydrogens (tertiary/aromatic N) is 1. The second kappa shape index (κ2) is 7.87. The number of aromatic nitrogens is 2. The van der Waals surface area contributed by atoms with E-state index < -0.39 is 12.1 Å². The lowest BCUT2D eigenvalue weighted by Crippen LogP contribution is -2.39. The van der Waals surface area contributed by atoms with Gasteiger partial charge in [0.2, 0.25) is 0 Å². The smallest absolute Gasteiger partial charge is 0.360 e. The summed E-state index contributed by atoms with van der Waals surface area (Å²) in [5.41, 5.74) is 1.93. The Bertz CT molecular complexity index is 1140. The Morgan fingerprint density at radius 2 is 1.86 bits per heavy atom. The molecule has 0 unspecified atom stereocenters. The lowest BCUT2D eigenvalue weighted by atomic mass is 9.87. The third-order valence-corrected chi connectivity index (χ3v) is 5.23. The normalized spacial score (nSPS) is 16.7. The van der Waals surface area contributed by atoms with Crippen molar-refractivity contribution < 1.29 is 14.3 Å². The number of rotatable bonds is 4. The highest BCUT2D eigenvalue weighted by molar-refractivity contribution is 6.02. The van der Waals surface area contributed by atoms with Crippen LogP contribution in [0.15, 0.2) is 53.3 Å². The molecule has 0 fully saturated rings. The maximum absolute atomic E-state index is 12.6. The van der Waals surface area contributed by atoms with Crippen LogP contribution in [0, 0.1) is 0 Å². The van der Waals surface area contributed by atoms with Gasteiger partial charge in [-0.2, -0.15) is 5.10 Å². The summed E-state index contributed by atoms with van der Waals surface area (Å²) in [7, 11) is 0. The van der Waals surface area contributed by atoms with E-state index in [1.54, 1.807) is 24.3 Å². The number of aromatic amines is 1. The molecule has 7 nitrogen and oxygen atoms in total. The first-order valence-electron chi connectivity index (χ1n) is 9.61. The zero-order valence-electron chi connectivity index (χ0n) is 16.0. The molecule has 0 bridgehead atoms. The molecule has 2 N–H and O–H groups in total.